The van der Waals surface area contributed by atoms with Crippen molar-refractivity contribution in [3.63, 3.8) is 0 Å². The quantitative estimate of drug-likeness (QED) is 0.286. The van der Waals surface area contributed by atoms with Crippen molar-refractivity contribution in [2.75, 3.05) is 16.4 Å². The molecule has 0 fully saturated rings. The summed E-state index contributed by atoms with van der Waals surface area (Å²) in [6, 6.07) is 16.9. The van der Waals surface area contributed by atoms with E-state index in [9.17, 15) is 14.4 Å². The van der Waals surface area contributed by atoms with Gasteiger partial charge < -0.3 is 16.4 Å². The average molecular weight is 479 g/mol. The number of carbonyl (C=O) groups is 1. The lowest BCUT2D eigenvalue weighted by molar-refractivity contribution is 0.102. The number of halogens is 1. The third-order valence-electron chi connectivity index (χ3n) is 5.40. The van der Waals surface area contributed by atoms with Crippen molar-refractivity contribution >= 4 is 34.3 Å². The Bertz CT molecular complexity index is 1610. The van der Waals surface area contributed by atoms with Gasteiger partial charge in [0.1, 0.15) is 11.9 Å². The van der Waals surface area contributed by atoms with Gasteiger partial charge in [0.25, 0.3) is 5.91 Å². The summed E-state index contributed by atoms with van der Waals surface area (Å²) in [4.78, 5) is 25.5. The largest absolute Gasteiger partial charge is 0.382 e. The molecule has 0 unspecified atom stereocenters. The summed E-state index contributed by atoms with van der Waals surface area (Å²) < 4.78 is 13.2. The Morgan fingerprint density at radius 3 is 2.58 bits per heavy atom. The minimum Gasteiger partial charge on any atom is -0.382 e. The highest BCUT2D eigenvalue weighted by atomic mass is 19.1. The fraction of sp³-hybridized carbons (Fsp3) is 0.0400. The Balaban J connectivity index is 1.32. The number of nitrogens with two attached hydrogens (primary N) is 1. The van der Waals surface area contributed by atoms with Crippen molar-refractivity contribution in [2.45, 2.75) is 6.54 Å². The predicted molar refractivity (Wildman–Crippen MR) is 132 cm³/mol. The number of benzene rings is 2. The minimum atomic E-state index is -0.578. The molecule has 10 nitrogen and oxygen atoms in total. The number of aromatic nitrogens is 5. The van der Waals surface area contributed by atoms with E-state index < -0.39 is 11.7 Å². The Labute approximate surface area is 204 Å². The van der Waals surface area contributed by atoms with Gasteiger partial charge in [-0.05, 0) is 41.5 Å². The lowest BCUT2D eigenvalue weighted by Crippen LogP contribution is -2.18. The number of amides is 1. The fourth-order valence-corrected chi connectivity index (χ4v) is 3.54. The van der Waals surface area contributed by atoms with Crippen LogP contribution in [0.1, 0.15) is 21.7 Å². The first-order valence-electron chi connectivity index (χ1n) is 10.8. The Morgan fingerprint density at radius 2 is 1.83 bits per heavy atom. The molecule has 36 heavy (non-hydrogen) atoms. The molecule has 0 aliphatic rings. The van der Waals surface area contributed by atoms with E-state index in [1.807, 2.05) is 36.4 Å². The number of nitrogens with zero attached hydrogens (tertiary/aromatic N) is 5. The molecule has 5 aromatic rings. The number of nitrogen functional groups attached to an aromatic ring is 1. The molecule has 0 aliphatic carbocycles. The molecule has 0 bridgehead atoms. The Kier molecular flexibility index (Phi) is 5.90. The summed E-state index contributed by atoms with van der Waals surface area (Å²) in [7, 11) is 0. The van der Waals surface area contributed by atoms with Gasteiger partial charge in [-0.3, -0.25) is 9.89 Å². The van der Waals surface area contributed by atoms with E-state index in [2.05, 4.69) is 35.8 Å². The molecule has 5 N–H and O–H groups in total. The van der Waals surface area contributed by atoms with E-state index in [1.165, 1.54) is 30.5 Å². The molecule has 176 valence electrons. The van der Waals surface area contributed by atoms with Crippen LogP contribution in [0.5, 0.6) is 0 Å². The van der Waals surface area contributed by atoms with Crippen molar-refractivity contribution in [3.8, 4) is 17.2 Å². The summed E-state index contributed by atoms with van der Waals surface area (Å²) in [5.74, 6) is -0.397. The summed E-state index contributed by atoms with van der Waals surface area (Å²) in [5, 5.41) is 22.4. The van der Waals surface area contributed by atoms with Gasteiger partial charge in [0.15, 0.2) is 28.7 Å². The van der Waals surface area contributed by atoms with E-state index in [-0.39, 0.29) is 17.2 Å². The van der Waals surface area contributed by atoms with Gasteiger partial charge in [-0.2, -0.15) is 10.4 Å². The molecule has 0 radical (unpaired) electrons. The first kappa shape index (κ1) is 22.4. The van der Waals surface area contributed by atoms with E-state index in [0.29, 0.717) is 23.7 Å². The molecule has 1 amide bonds. The molecule has 0 aliphatic heterocycles. The third kappa shape index (κ3) is 4.64. The SMILES string of the molecule is N#Cc1cnc(NCc2ccc(-c3cnc4[nH]nc(N)c4c3)cc2)c(C(=O)Nc2ccc(F)cc2)n1. The molecule has 3 heterocycles. The van der Waals surface area contributed by atoms with Crippen molar-refractivity contribution in [1.29, 1.82) is 5.26 Å². The van der Waals surface area contributed by atoms with Gasteiger partial charge in [-0.25, -0.2) is 19.3 Å². The monoisotopic (exact) mass is 479 g/mol. The Hall–Kier alpha value is -5.37. The van der Waals surface area contributed by atoms with E-state index >= 15 is 0 Å². The van der Waals surface area contributed by atoms with Crippen LogP contribution in [-0.4, -0.2) is 31.1 Å². The molecule has 0 saturated carbocycles. The average Bonchev–Trinajstić information content (AvgIpc) is 3.29. The van der Waals surface area contributed by atoms with Crippen LogP contribution in [0, 0.1) is 17.1 Å². The van der Waals surface area contributed by atoms with Gasteiger partial charge in [0.05, 0.1) is 11.6 Å². The van der Waals surface area contributed by atoms with Gasteiger partial charge in [-0.1, -0.05) is 24.3 Å². The lowest BCUT2D eigenvalue weighted by Gasteiger charge is -2.11. The maximum Gasteiger partial charge on any atom is 0.278 e. The summed E-state index contributed by atoms with van der Waals surface area (Å²) in [6.07, 6.45) is 3.02. The number of aromatic amines is 1. The van der Waals surface area contributed by atoms with E-state index in [0.717, 1.165) is 22.1 Å². The summed E-state index contributed by atoms with van der Waals surface area (Å²) in [5.41, 5.74) is 9.61. The van der Waals surface area contributed by atoms with Gasteiger partial charge in [0, 0.05) is 24.0 Å². The van der Waals surface area contributed by atoms with Crippen LogP contribution in [-0.2, 0) is 6.54 Å². The predicted octanol–water partition coefficient (Wildman–Crippen LogP) is 3.87. The van der Waals surface area contributed by atoms with E-state index in [4.69, 9.17) is 5.73 Å². The zero-order valence-electron chi connectivity index (χ0n) is 18.7. The van der Waals surface area contributed by atoms with Gasteiger partial charge in [-0.15, -0.1) is 0 Å². The summed E-state index contributed by atoms with van der Waals surface area (Å²) >= 11 is 0. The minimum absolute atomic E-state index is 0.00186. The van der Waals surface area contributed by atoms with Crippen LogP contribution in [0.4, 0.5) is 21.7 Å². The summed E-state index contributed by atoms with van der Waals surface area (Å²) in [6.45, 7) is 0.351. The van der Waals surface area contributed by atoms with Crippen LogP contribution in [0.25, 0.3) is 22.2 Å². The second-order valence-electron chi connectivity index (χ2n) is 7.80. The third-order valence-corrected chi connectivity index (χ3v) is 5.40. The van der Waals surface area contributed by atoms with Crippen LogP contribution in [0.3, 0.4) is 0 Å². The van der Waals surface area contributed by atoms with Crippen molar-refractivity contribution in [1.82, 2.24) is 25.1 Å². The van der Waals surface area contributed by atoms with Crippen LogP contribution >= 0.6 is 0 Å². The van der Waals surface area contributed by atoms with E-state index in [1.54, 1.807) is 6.20 Å². The molecular formula is C25H18FN9O. The molecule has 0 saturated heterocycles. The molecule has 0 spiro atoms. The number of pyridine rings is 1. The zero-order valence-corrected chi connectivity index (χ0v) is 18.7. The molecule has 11 heteroatoms. The van der Waals surface area contributed by atoms with Crippen molar-refractivity contribution < 1.29 is 9.18 Å². The first-order chi connectivity index (χ1) is 17.5. The number of anilines is 3. The molecule has 5 rings (SSSR count). The van der Waals surface area contributed by atoms with Crippen molar-refractivity contribution in [3.05, 3.63) is 89.8 Å². The molecular weight excluding hydrogens is 461 g/mol. The zero-order chi connectivity index (χ0) is 25.1. The van der Waals surface area contributed by atoms with Crippen LogP contribution in [0.15, 0.2) is 67.0 Å². The number of hydrogen-bond donors (Lipinski definition) is 4. The van der Waals surface area contributed by atoms with Gasteiger partial charge in [0.2, 0.25) is 0 Å². The highest BCUT2D eigenvalue weighted by Gasteiger charge is 2.17. The maximum absolute atomic E-state index is 13.2. The number of fused-ring (bicyclic) bond motifs is 1. The molecule has 2 aromatic carbocycles. The number of carbonyl (C=O) groups excluding carboxylic acids is 1. The molecule has 0 atom stereocenters. The smallest absolute Gasteiger partial charge is 0.278 e. The molecule has 3 aromatic heterocycles. The number of rotatable bonds is 6. The van der Waals surface area contributed by atoms with Crippen molar-refractivity contribution in [2.24, 2.45) is 0 Å². The second-order valence-corrected chi connectivity index (χ2v) is 7.80. The Morgan fingerprint density at radius 1 is 1.06 bits per heavy atom. The lowest BCUT2D eigenvalue weighted by atomic mass is 10.0. The second kappa shape index (κ2) is 9.47. The highest BCUT2D eigenvalue weighted by Crippen LogP contribution is 2.25. The maximum atomic E-state index is 13.2. The topological polar surface area (TPSA) is 158 Å². The van der Waals surface area contributed by atoms with Gasteiger partial charge >= 0.3 is 0 Å². The number of hydrogen-bond acceptors (Lipinski definition) is 8. The normalized spacial score (nSPS) is 10.7. The number of nitrogens with one attached hydrogen (secondary N) is 3. The number of nitriles is 1. The van der Waals surface area contributed by atoms with Crippen LogP contribution < -0.4 is 16.4 Å². The number of H-pyrrole nitrogens is 1. The fourth-order valence-electron chi connectivity index (χ4n) is 3.54. The highest BCUT2D eigenvalue weighted by molar-refractivity contribution is 6.06. The standard InChI is InChI=1S/C25H18FN9O/c26-17-5-7-18(8-6-17)33-25(36)21-24(31-13-19(10-27)32-21)29-11-14-1-3-15(4-2-14)16-9-20-22(28)34-35-23(20)30-12-16/h1-9,12-13H,11H2,(H,29,31)(H,33,36)(H3,28,30,34,35). The first-order valence-corrected chi connectivity index (χ1v) is 10.8. The van der Waals surface area contributed by atoms with Crippen LogP contribution in [0.2, 0.25) is 0 Å².